The lowest BCUT2D eigenvalue weighted by Crippen LogP contribution is -2.51. The van der Waals surface area contributed by atoms with E-state index in [-0.39, 0.29) is 0 Å². The Bertz CT molecular complexity index is 730. The Morgan fingerprint density at radius 3 is 2.04 bits per heavy atom. The number of alkyl halides is 4. The van der Waals surface area contributed by atoms with Gasteiger partial charge in [0.2, 0.25) is 0 Å². The maximum Gasteiger partial charge on any atom is 0.339 e. The van der Waals surface area contributed by atoms with Crippen LogP contribution in [-0.4, -0.2) is 23.2 Å². The van der Waals surface area contributed by atoms with Gasteiger partial charge >= 0.3 is 12.3 Å². The Morgan fingerprint density at radius 2 is 1.52 bits per heavy atom. The number of halogens is 4. The normalized spacial score (nSPS) is 14.6. The van der Waals surface area contributed by atoms with Gasteiger partial charge in [0, 0.05) is 6.42 Å². The first-order chi connectivity index (χ1) is 11.8. The highest BCUT2D eigenvalue weighted by atomic mass is 19.3. The lowest BCUT2D eigenvalue weighted by molar-refractivity contribution is -0.249. The van der Waals surface area contributed by atoms with Crippen molar-refractivity contribution in [2.75, 3.05) is 0 Å². The van der Waals surface area contributed by atoms with Crippen molar-refractivity contribution in [2.45, 2.75) is 24.4 Å². The first-order valence-electron chi connectivity index (χ1n) is 7.47. The Morgan fingerprint density at radius 1 is 1.00 bits per heavy atom. The molecular formula is C19H16F4O2. The van der Waals surface area contributed by atoms with Crippen molar-refractivity contribution < 1.29 is 27.5 Å². The van der Waals surface area contributed by atoms with Crippen molar-refractivity contribution in [1.82, 2.24) is 0 Å². The molecule has 6 heteroatoms. The number of aliphatic hydroxyl groups is 1. The van der Waals surface area contributed by atoms with Crippen molar-refractivity contribution in [1.29, 1.82) is 0 Å². The molecule has 0 aromatic heterocycles. The highest BCUT2D eigenvalue weighted by Crippen LogP contribution is 2.44. The molecule has 0 spiro atoms. The quantitative estimate of drug-likeness (QED) is 0.591. The van der Waals surface area contributed by atoms with Crippen LogP contribution in [-0.2, 0) is 10.4 Å². The standard InChI is InChI=1S/C19H16F4O2/c20-17(21)19(22,23)18(25,15-9-5-2-6-10-15)13-16(24)12-11-14-7-3-1-4-8-14/h1-12,17,25H,13H2/b12-11+/t18-/m1/s1. The minimum absolute atomic E-state index is 0.443. The third-order valence-electron chi connectivity index (χ3n) is 3.77. The number of rotatable bonds is 7. The van der Waals surface area contributed by atoms with Crippen LogP contribution in [0.4, 0.5) is 17.6 Å². The smallest absolute Gasteiger partial charge is 0.339 e. The molecule has 2 aromatic carbocycles. The van der Waals surface area contributed by atoms with E-state index >= 15 is 0 Å². The van der Waals surface area contributed by atoms with Gasteiger partial charge in [-0.1, -0.05) is 66.7 Å². The van der Waals surface area contributed by atoms with Gasteiger partial charge in [0.15, 0.2) is 11.4 Å². The molecule has 2 nitrogen and oxygen atoms in total. The highest BCUT2D eigenvalue weighted by Gasteiger charge is 2.60. The maximum atomic E-state index is 14.0. The van der Waals surface area contributed by atoms with E-state index in [1.165, 1.54) is 24.3 Å². The topological polar surface area (TPSA) is 37.3 Å². The second-order valence-corrected chi connectivity index (χ2v) is 5.54. The van der Waals surface area contributed by atoms with Crippen LogP contribution < -0.4 is 0 Å². The predicted molar refractivity (Wildman–Crippen MR) is 86.4 cm³/mol. The van der Waals surface area contributed by atoms with Gasteiger partial charge in [0.05, 0.1) is 0 Å². The largest absolute Gasteiger partial charge is 0.378 e. The van der Waals surface area contributed by atoms with Crippen LogP contribution in [0.15, 0.2) is 66.7 Å². The highest BCUT2D eigenvalue weighted by molar-refractivity contribution is 5.94. The van der Waals surface area contributed by atoms with Gasteiger partial charge in [0.1, 0.15) is 0 Å². The second-order valence-electron chi connectivity index (χ2n) is 5.54. The van der Waals surface area contributed by atoms with Crippen LogP contribution in [0.25, 0.3) is 6.08 Å². The Balaban J connectivity index is 2.31. The zero-order chi connectivity index (χ0) is 18.5. The van der Waals surface area contributed by atoms with E-state index < -0.39 is 35.7 Å². The maximum absolute atomic E-state index is 14.0. The molecule has 0 amide bonds. The summed E-state index contributed by atoms with van der Waals surface area (Å²) < 4.78 is 53.8. The van der Waals surface area contributed by atoms with Crippen molar-refractivity contribution in [3.8, 4) is 0 Å². The molecular weight excluding hydrogens is 336 g/mol. The molecule has 0 bridgehead atoms. The number of benzene rings is 2. The van der Waals surface area contributed by atoms with Crippen LogP contribution in [0.3, 0.4) is 0 Å². The predicted octanol–water partition coefficient (Wildman–Crippen LogP) is 4.45. The van der Waals surface area contributed by atoms with Crippen molar-refractivity contribution in [2.24, 2.45) is 0 Å². The van der Waals surface area contributed by atoms with Crippen LogP contribution in [0.5, 0.6) is 0 Å². The summed E-state index contributed by atoms with van der Waals surface area (Å²) in [5, 5.41) is 10.4. The summed E-state index contributed by atoms with van der Waals surface area (Å²) >= 11 is 0. The van der Waals surface area contributed by atoms with Gasteiger partial charge < -0.3 is 5.11 Å². The van der Waals surface area contributed by atoms with E-state index in [1.54, 1.807) is 30.3 Å². The fourth-order valence-electron chi connectivity index (χ4n) is 2.37. The van der Waals surface area contributed by atoms with Gasteiger partial charge in [0.25, 0.3) is 0 Å². The first kappa shape index (κ1) is 18.9. The van der Waals surface area contributed by atoms with Crippen LogP contribution in [0, 0.1) is 0 Å². The summed E-state index contributed by atoms with van der Waals surface area (Å²) in [5.41, 5.74) is -3.11. The van der Waals surface area contributed by atoms with E-state index in [2.05, 4.69) is 0 Å². The van der Waals surface area contributed by atoms with E-state index in [0.29, 0.717) is 5.56 Å². The van der Waals surface area contributed by atoms with Crippen LogP contribution in [0.1, 0.15) is 17.5 Å². The fraction of sp³-hybridized carbons (Fsp3) is 0.211. The second kappa shape index (κ2) is 7.61. The molecule has 0 aliphatic heterocycles. The fourth-order valence-corrected chi connectivity index (χ4v) is 2.37. The summed E-state index contributed by atoms with van der Waals surface area (Å²) in [6.45, 7) is 0. The first-order valence-corrected chi connectivity index (χ1v) is 7.47. The molecule has 0 saturated heterocycles. The lowest BCUT2D eigenvalue weighted by atomic mass is 9.82. The summed E-state index contributed by atoms with van der Waals surface area (Å²) in [6.07, 6.45) is -2.93. The van der Waals surface area contributed by atoms with Gasteiger partial charge in [-0.05, 0) is 17.2 Å². The number of carbonyl (C=O) groups is 1. The van der Waals surface area contributed by atoms with Crippen molar-refractivity contribution in [3.63, 3.8) is 0 Å². The average Bonchev–Trinajstić information content (AvgIpc) is 2.61. The molecule has 0 fully saturated rings. The SMILES string of the molecule is O=C(/C=C/c1ccccc1)C[C@@](O)(c1ccccc1)C(F)(F)C(F)F. The zero-order valence-corrected chi connectivity index (χ0v) is 13.1. The monoisotopic (exact) mass is 352 g/mol. The molecule has 0 heterocycles. The molecule has 25 heavy (non-hydrogen) atoms. The molecule has 1 atom stereocenters. The summed E-state index contributed by atoms with van der Waals surface area (Å²) in [6, 6.07) is 14.9. The Labute approximate surface area is 142 Å². The molecule has 1 N–H and O–H groups in total. The van der Waals surface area contributed by atoms with E-state index in [0.717, 1.165) is 18.2 Å². The average molecular weight is 352 g/mol. The van der Waals surface area contributed by atoms with Gasteiger partial charge in [-0.15, -0.1) is 0 Å². The van der Waals surface area contributed by atoms with Crippen LogP contribution >= 0.6 is 0 Å². The minimum atomic E-state index is -4.79. The summed E-state index contributed by atoms with van der Waals surface area (Å²) in [7, 11) is 0. The van der Waals surface area contributed by atoms with Crippen LogP contribution in [0.2, 0.25) is 0 Å². The molecule has 0 unspecified atom stereocenters. The van der Waals surface area contributed by atoms with Gasteiger partial charge in [-0.25, -0.2) is 8.78 Å². The third-order valence-corrected chi connectivity index (χ3v) is 3.77. The molecule has 132 valence electrons. The van der Waals surface area contributed by atoms with E-state index in [9.17, 15) is 27.5 Å². The van der Waals surface area contributed by atoms with Crippen molar-refractivity contribution in [3.05, 3.63) is 77.9 Å². The molecule has 2 rings (SSSR count). The Hall–Kier alpha value is -2.47. The summed E-state index contributed by atoms with van der Waals surface area (Å²) in [5.74, 6) is -5.68. The third kappa shape index (κ3) is 4.14. The lowest BCUT2D eigenvalue weighted by Gasteiger charge is -2.35. The van der Waals surface area contributed by atoms with E-state index in [1.807, 2.05) is 0 Å². The number of ketones is 1. The molecule has 0 aliphatic rings. The van der Waals surface area contributed by atoms with Gasteiger partial charge in [-0.3, -0.25) is 4.79 Å². The van der Waals surface area contributed by atoms with E-state index in [4.69, 9.17) is 0 Å². The number of allylic oxidation sites excluding steroid dienone is 1. The number of carbonyl (C=O) groups excluding carboxylic acids is 1. The summed E-state index contributed by atoms with van der Waals surface area (Å²) in [4.78, 5) is 12.0. The van der Waals surface area contributed by atoms with Crippen molar-refractivity contribution >= 4 is 11.9 Å². The zero-order valence-electron chi connectivity index (χ0n) is 13.1. The minimum Gasteiger partial charge on any atom is -0.378 e. The molecule has 0 aliphatic carbocycles. The molecule has 2 aromatic rings. The van der Waals surface area contributed by atoms with Gasteiger partial charge in [-0.2, -0.15) is 8.78 Å². The Kier molecular flexibility index (Phi) is 5.74. The molecule has 0 radical (unpaired) electrons. The number of hydrogen-bond acceptors (Lipinski definition) is 2. The molecule has 0 saturated carbocycles. The number of hydrogen-bond donors (Lipinski definition) is 1.